The minimum atomic E-state index is -1.64. The smallest absolute Gasteiger partial charge is 0.303 e. The molecule has 18 heteroatoms. The number of thioether (sulfide) groups is 1. The first-order valence-electron chi connectivity index (χ1n) is 12.5. The van der Waals surface area contributed by atoms with Crippen molar-refractivity contribution in [1.82, 2.24) is 15.0 Å². The molecular formula is C24H27F3N6O8S. The molecule has 2 saturated heterocycles. The summed E-state index contributed by atoms with van der Waals surface area (Å²) in [7, 11) is 1.35. The number of rotatable bonds is 9. The van der Waals surface area contributed by atoms with E-state index in [-0.39, 0.29) is 31.1 Å². The predicted octanol–water partition coefficient (Wildman–Crippen LogP) is 2.31. The molecule has 1 aromatic heterocycles. The number of methoxy groups -OCH3 is 1. The number of aromatic nitrogens is 3. The number of halogens is 3. The van der Waals surface area contributed by atoms with E-state index >= 15 is 0 Å². The van der Waals surface area contributed by atoms with Crippen LogP contribution in [0.5, 0.6) is 0 Å². The number of hydrogen-bond acceptors (Lipinski definition) is 12. The molecule has 2 aliphatic rings. The molecule has 0 saturated carbocycles. The Bertz CT molecular complexity index is 1320. The number of benzene rings is 1. The highest BCUT2D eigenvalue weighted by Gasteiger charge is 2.52. The Hall–Kier alpha value is -3.41. The lowest BCUT2D eigenvalue weighted by atomic mass is 9.96. The van der Waals surface area contributed by atoms with Crippen LogP contribution in [0.1, 0.15) is 19.9 Å². The van der Waals surface area contributed by atoms with E-state index in [0.29, 0.717) is 0 Å². The number of hydrogen-bond donors (Lipinski definition) is 1. The van der Waals surface area contributed by atoms with Gasteiger partial charge >= 0.3 is 11.9 Å². The summed E-state index contributed by atoms with van der Waals surface area (Å²) in [6.07, 6.45) is -3.04. The minimum Gasteiger partial charge on any atom is -0.463 e. The fourth-order valence-corrected chi connectivity index (χ4v) is 6.19. The third-order valence-electron chi connectivity index (χ3n) is 6.59. The van der Waals surface area contributed by atoms with Gasteiger partial charge in [-0.05, 0) is 17.7 Å². The topological polar surface area (TPSA) is 180 Å². The average molecular weight is 617 g/mol. The van der Waals surface area contributed by atoms with E-state index in [1.165, 1.54) is 24.9 Å². The molecule has 0 unspecified atom stereocenters. The van der Waals surface area contributed by atoms with Crippen LogP contribution < -0.4 is 0 Å². The molecule has 2 aromatic rings. The van der Waals surface area contributed by atoms with Crippen molar-refractivity contribution in [2.75, 3.05) is 26.9 Å². The van der Waals surface area contributed by atoms with Crippen molar-refractivity contribution in [1.29, 1.82) is 0 Å². The molecule has 2 fully saturated rings. The number of ether oxygens (including phenoxy) is 5. The average Bonchev–Trinajstić information content (AvgIpc) is 3.42. The third-order valence-corrected chi connectivity index (χ3v) is 8.00. The Morgan fingerprint density at radius 3 is 2.55 bits per heavy atom. The van der Waals surface area contributed by atoms with E-state index in [4.69, 9.17) is 29.2 Å². The summed E-state index contributed by atoms with van der Waals surface area (Å²) >= 11 is 1.09. The molecule has 1 N–H and O–H groups in total. The van der Waals surface area contributed by atoms with Crippen LogP contribution >= 0.6 is 11.8 Å². The molecular weight excluding hydrogens is 589 g/mol. The number of aliphatic hydroxyl groups excluding tert-OH is 1. The Labute approximate surface area is 241 Å². The zero-order valence-corrected chi connectivity index (χ0v) is 23.3. The highest BCUT2D eigenvalue weighted by molar-refractivity contribution is 8.00. The number of aliphatic hydroxyl groups is 1. The fourth-order valence-electron chi connectivity index (χ4n) is 4.70. The van der Waals surface area contributed by atoms with Crippen molar-refractivity contribution in [3.05, 3.63) is 46.2 Å². The first-order chi connectivity index (χ1) is 20.0. The summed E-state index contributed by atoms with van der Waals surface area (Å²) in [5.41, 5.74) is 7.75. The summed E-state index contributed by atoms with van der Waals surface area (Å²) < 4.78 is 70.8. The Morgan fingerprint density at radius 1 is 1.21 bits per heavy atom. The highest BCUT2D eigenvalue weighted by atomic mass is 32.2. The molecule has 0 spiro atoms. The van der Waals surface area contributed by atoms with Gasteiger partial charge in [0, 0.05) is 31.4 Å². The Morgan fingerprint density at radius 2 is 1.93 bits per heavy atom. The lowest BCUT2D eigenvalue weighted by Crippen LogP contribution is -2.58. The number of esters is 2. The molecule has 4 rings (SSSR count). The SMILES string of the molecule is CO[C@@H]1[C@H](n2cc(-c3cc(F)c(F)c(F)c3)nn2)[C@@H](OC(C)=O)[C@@H](COC(C)=O)O[C@H]1S[C@@H]1COC[C@H](N=[N+]=[N-])[C@H]1O. The standard InChI is InChI=1S/C24H27F3N6O8S/c1-10(34)39-8-17-22(40-11(2)35)20(33-6-15(30-32-33)12-4-13(25)19(27)14(26)5-12)23(37-3)24(41-17)42-18-9-38-7-16(21(18)36)29-31-28/h4-6,16-18,20-24,36H,7-9H2,1-3H3/t16-,17+,18+,20+,21+,22-,23+,24-/m0/s1. The van der Waals surface area contributed by atoms with Crippen molar-refractivity contribution in [3.63, 3.8) is 0 Å². The number of nitrogens with zero attached hydrogens (tertiary/aromatic N) is 6. The second-order valence-electron chi connectivity index (χ2n) is 9.42. The lowest BCUT2D eigenvalue weighted by Gasteiger charge is -2.46. The van der Waals surface area contributed by atoms with Crippen LogP contribution in [0.25, 0.3) is 21.7 Å². The normalized spacial score (nSPS) is 29.4. The summed E-state index contributed by atoms with van der Waals surface area (Å²) in [5, 5.41) is 21.8. The van der Waals surface area contributed by atoms with Gasteiger partial charge < -0.3 is 28.8 Å². The van der Waals surface area contributed by atoms with Gasteiger partial charge in [0.15, 0.2) is 23.6 Å². The van der Waals surface area contributed by atoms with Crippen molar-refractivity contribution in [2.24, 2.45) is 5.11 Å². The van der Waals surface area contributed by atoms with E-state index in [2.05, 4.69) is 20.3 Å². The molecule has 1 aromatic carbocycles. The molecule has 2 aliphatic heterocycles. The van der Waals surface area contributed by atoms with Crippen molar-refractivity contribution < 1.29 is 51.6 Å². The predicted molar refractivity (Wildman–Crippen MR) is 137 cm³/mol. The first kappa shape index (κ1) is 31.5. The van der Waals surface area contributed by atoms with E-state index in [0.717, 1.165) is 30.8 Å². The maximum atomic E-state index is 13.9. The van der Waals surface area contributed by atoms with Gasteiger partial charge in [-0.15, -0.1) is 16.9 Å². The van der Waals surface area contributed by atoms with Gasteiger partial charge in [0.05, 0.1) is 36.8 Å². The van der Waals surface area contributed by atoms with Crippen LogP contribution in [0.4, 0.5) is 13.2 Å². The van der Waals surface area contributed by atoms with Crippen LogP contribution in [-0.2, 0) is 33.3 Å². The summed E-state index contributed by atoms with van der Waals surface area (Å²) in [5.74, 6) is -5.84. The second kappa shape index (κ2) is 13.7. The number of carbonyl (C=O) groups is 2. The van der Waals surface area contributed by atoms with Gasteiger partial charge in [0.2, 0.25) is 0 Å². The van der Waals surface area contributed by atoms with Crippen LogP contribution in [0.2, 0.25) is 0 Å². The molecule has 3 heterocycles. The van der Waals surface area contributed by atoms with Gasteiger partial charge in [-0.25, -0.2) is 17.9 Å². The summed E-state index contributed by atoms with van der Waals surface area (Å²) in [6.45, 7) is 2.08. The van der Waals surface area contributed by atoms with Crippen molar-refractivity contribution in [2.45, 2.75) is 61.0 Å². The van der Waals surface area contributed by atoms with Crippen molar-refractivity contribution >= 4 is 23.7 Å². The van der Waals surface area contributed by atoms with E-state index in [1.54, 1.807) is 0 Å². The van der Waals surface area contributed by atoms with Crippen LogP contribution in [0.15, 0.2) is 23.4 Å². The summed E-state index contributed by atoms with van der Waals surface area (Å²) in [4.78, 5) is 26.5. The molecule has 8 atom stereocenters. The van der Waals surface area contributed by atoms with E-state index < -0.39 is 76.6 Å². The monoisotopic (exact) mass is 616 g/mol. The molecule has 0 aliphatic carbocycles. The minimum absolute atomic E-state index is 0.0139. The third kappa shape index (κ3) is 6.96. The zero-order valence-electron chi connectivity index (χ0n) is 22.5. The molecule has 228 valence electrons. The molecule has 42 heavy (non-hydrogen) atoms. The van der Waals surface area contributed by atoms with E-state index in [1.807, 2.05) is 0 Å². The maximum absolute atomic E-state index is 13.9. The molecule has 14 nitrogen and oxygen atoms in total. The van der Waals surface area contributed by atoms with Gasteiger partial charge in [-0.2, -0.15) is 0 Å². The van der Waals surface area contributed by atoms with Crippen LogP contribution in [-0.4, -0.2) is 100 Å². The quantitative estimate of drug-likeness (QED) is 0.144. The largest absolute Gasteiger partial charge is 0.463 e. The molecule has 0 radical (unpaired) electrons. The highest BCUT2D eigenvalue weighted by Crippen LogP contribution is 2.41. The van der Waals surface area contributed by atoms with E-state index in [9.17, 15) is 27.9 Å². The maximum Gasteiger partial charge on any atom is 0.303 e. The number of azide groups is 1. The van der Waals surface area contributed by atoms with Crippen LogP contribution in [0.3, 0.4) is 0 Å². The van der Waals surface area contributed by atoms with Crippen LogP contribution in [0, 0.1) is 17.5 Å². The molecule has 0 amide bonds. The fraction of sp³-hybridized carbons (Fsp3) is 0.583. The Balaban J connectivity index is 1.73. The van der Waals surface area contributed by atoms with Gasteiger partial charge in [-0.1, -0.05) is 10.3 Å². The van der Waals surface area contributed by atoms with Gasteiger partial charge in [0.25, 0.3) is 0 Å². The number of carbonyl (C=O) groups excluding carboxylic acids is 2. The first-order valence-corrected chi connectivity index (χ1v) is 13.5. The van der Waals surface area contributed by atoms with Gasteiger partial charge in [-0.3, -0.25) is 9.59 Å². The van der Waals surface area contributed by atoms with Crippen molar-refractivity contribution in [3.8, 4) is 11.3 Å². The second-order valence-corrected chi connectivity index (χ2v) is 10.8. The Kier molecular flexibility index (Phi) is 10.3. The lowest BCUT2D eigenvalue weighted by molar-refractivity contribution is -0.208. The van der Waals surface area contributed by atoms with Gasteiger partial charge in [0.1, 0.15) is 36.0 Å². The molecule has 0 bridgehead atoms. The summed E-state index contributed by atoms with van der Waals surface area (Å²) in [6, 6.07) is -0.375. The zero-order chi connectivity index (χ0) is 30.6.